The number of rotatable bonds is 6. The van der Waals surface area contributed by atoms with Crippen molar-refractivity contribution < 1.29 is 0 Å². The highest BCUT2D eigenvalue weighted by Crippen LogP contribution is 2.30. The molecule has 1 aliphatic heterocycles. The zero-order valence-corrected chi connectivity index (χ0v) is 12.9. The number of hydrogen-bond acceptors (Lipinski definition) is 5. The Morgan fingerprint density at radius 1 is 1.38 bits per heavy atom. The maximum absolute atomic E-state index is 12.4. The molecule has 116 valence electrons. The first-order chi connectivity index (χ1) is 10.2. The Hall–Kier alpha value is -1.11. The lowest BCUT2D eigenvalue weighted by Crippen LogP contribution is -2.45. The first kappa shape index (κ1) is 14.8. The Morgan fingerprint density at radius 3 is 2.86 bits per heavy atom. The summed E-state index contributed by atoms with van der Waals surface area (Å²) in [6.45, 7) is 6.52. The van der Waals surface area contributed by atoms with E-state index in [2.05, 4.69) is 20.6 Å². The number of hydrogen-bond donors (Lipinski definition) is 2. The lowest BCUT2D eigenvalue weighted by molar-refractivity contribution is 0.249. The van der Waals surface area contributed by atoms with Crippen molar-refractivity contribution >= 4 is 17.3 Å². The molecule has 0 amide bonds. The maximum Gasteiger partial charge on any atom is 0.291 e. The molecule has 0 aromatic carbocycles. The maximum atomic E-state index is 12.4. The molecule has 1 aromatic heterocycles. The van der Waals surface area contributed by atoms with Gasteiger partial charge in [0.15, 0.2) is 0 Å². The van der Waals surface area contributed by atoms with Crippen LogP contribution in [0.5, 0.6) is 0 Å². The third-order valence-corrected chi connectivity index (χ3v) is 4.35. The van der Waals surface area contributed by atoms with Gasteiger partial charge in [-0.2, -0.15) is 5.10 Å². The summed E-state index contributed by atoms with van der Waals surface area (Å²) in [6, 6.07) is 0. The minimum absolute atomic E-state index is 0.102. The second kappa shape index (κ2) is 6.77. The monoisotopic (exact) mass is 311 g/mol. The molecule has 3 rings (SSSR count). The van der Waals surface area contributed by atoms with E-state index in [0.29, 0.717) is 23.2 Å². The third kappa shape index (κ3) is 3.96. The van der Waals surface area contributed by atoms with Crippen LogP contribution in [0.4, 0.5) is 5.69 Å². The smallest absolute Gasteiger partial charge is 0.291 e. The Bertz CT molecular complexity index is 537. The lowest BCUT2D eigenvalue weighted by atomic mass is 10.3. The van der Waals surface area contributed by atoms with E-state index in [0.717, 1.165) is 39.3 Å². The Balaban J connectivity index is 1.59. The zero-order chi connectivity index (χ0) is 14.7. The van der Waals surface area contributed by atoms with E-state index < -0.39 is 0 Å². The van der Waals surface area contributed by atoms with E-state index in [1.807, 2.05) is 0 Å². The van der Waals surface area contributed by atoms with Gasteiger partial charge < -0.3 is 10.6 Å². The highest BCUT2D eigenvalue weighted by Gasteiger charge is 2.23. The molecule has 21 heavy (non-hydrogen) atoms. The molecule has 2 aliphatic rings. The van der Waals surface area contributed by atoms with Crippen LogP contribution in [-0.4, -0.2) is 53.9 Å². The normalized spacial score (nSPS) is 19.7. The number of halogens is 1. The van der Waals surface area contributed by atoms with E-state index in [-0.39, 0.29) is 5.56 Å². The van der Waals surface area contributed by atoms with Gasteiger partial charge in [0.2, 0.25) is 0 Å². The van der Waals surface area contributed by atoms with E-state index in [9.17, 15) is 4.79 Å². The summed E-state index contributed by atoms with van der Waals surface area (Å²) in [5, 5.41) is 11.1. The molecule has 7 heteroatoms. The van der Waals surface area contributed by atoms with Gasteiger partial charge in [-0.3, -0.25) is 9.69 Å². The summed E-state index contributed by atoms with van der Waals surface area (Å²) >= 11 is 6.11. The second-order valence-electron chi connectivity index (χ2n) is 5.82. The molecule has 0 spiro atoms. The van der Waals surface area contributed by atoms with Crippen LogP contribution in [-0.2, 0) is 6.54 Å². The van der Waals surface area contributed by atoms with Gasteiger partial charge >= 0.3 is 0 Å². The molecular formula is C14H22ClN5O. The van der Waals surface area contributed by atoms with Gasteiger partial charge in [-0.1, -0.05) is 11.6 Å². The van der Waals surface area contributed by atoms with Crippen LogP contribution in [0.2, 0.25) is 5.02 Å². The van der Waals surface area contributed by atoms with Gasteiger partial charge in [0.25, 0.3) is 5.56 Å². The summed E-state index contributed by atoms with van der Waals surface area (Å²) in [7, 11) is 0. The van der Waals surface area contributed by atoms with Crippen molar-refractivity contribution in [3.63, 3.8) is 0 Å². The first-order valence-corrected chi connectivity index (χ1v) is 8.04. The summed E-state index contributed by atoms with van der Waals surface area (Å²) < 4.78 is 1.54. The molecule has 0 atom stereocenters. The minimum atomic E-state index is -0.102. The van der Waals surface area contributed by atoms with Gasteiger partial charge in [-0.05, 0) is 18.8 Å². The van der Waals surface area contributed by atoms with Crippen molar-refractivity contribution in [2.45, 2.75) is 19.4 Å². The second-order valence-corrected chi connectivity index (χ2v) is 6.22. The number of anilines is 1. The number of nitrogens with one attached hydrogen (secondary N) is 2. The molecule has 1 saturated carbocycles. The van der Waals surface area contributed by atoms with Crippen LogP contribution in [0, 0.1) is 5.92 Å². The highest BCUT2D eigenvalue weighted by molar-refractivity contribution is 6.32. The molecule has 2 heterocycles. The average Bonchev–Trinajstić information content (AvgIpc) is 3.31. The molecule has 0 bridgehead atoms. The van der Waals surface area contributed by atoms with E-state index in [4.69, 9.17) is 11.6 Å². The fraction of sp³-hybridized carbons (Fsp3) is 0.714. The van der Waals surface area contributed by atoms with E-state index in [1.165, 1.54) is 17.5 Å². The third-order valence-electron chi connectivity index (χ3n) is 4.07. The predicted octanol–water partition coefficient (Wildman–Crippen LogP) is 0.624. The van der Waals surface area contributed by atoms with Crippen LogP contribution in [0.25, 0.3) is 0 Å². The van der Waals surface area contributed by atoms with Crippen LogP contribution in [0.15, 0.2) is 11.0 Å². The van der Waals surface area contributed by atoms with Gasteiger partial charge in [0.1, 0.15) is 5.69 Å². The Labute approximate surface area is 129 Å². The fourth-order valence-corrected chi connectivity index (χ4v) is 2.77. The van der Waals surface area contributed by atoms with Crippen LogP contribution in [0.3, 0.4) is 0 Å². The molecular weight excluding hydrogens is 290 g/mol. The fourth-order valence-electron chi connectivity index (χ4n) is 2.58. The van der Waals surface area contributed by atoms with Crippen molar-refractivity contribution in [3.05, 3.63) is 21.6 Å². The summed E-state index contributed by atoms with van der Waals surface area (Å²) in [6.07, 6.45) is 3.96. The van der Waals surface area contributed by atoms with Gasteiger partial charge in [0.05, 0.1) is 11.2 Å². The number of aromatic nitrogens is 2. The Morgan fingerprint density at radius 2 is 2.14 bits per heavy atom. The van der Waals surface area contributed by atoms with Gasteiger partial charge in [-0.25, -0.2) is 4.68 Å². The SMILES string of the molecule is O=c1c(NCCN2CCNCC2)c(Cl)cnn1CC1CC1. The summed E-state index contributed by atoms with van der Waals surface area (Å²) in [4.78, 5) is 14.7. The molecule has 1 saturated heterocycles. The van der Waals surface area contributed by atoms with Crippen molar-refractivity contribution in [2.75, 3.05) is 44.6 Å². The first-order valence-electron chi connectivity index (χ1n) is 7.66. The average molecular weight is 312 g/mol. The number of nitrogens with zero attached hydrogens (tertiary/aromatic N) is 3. The molecule has 2 N–H and O–H groups in total. The minimum Gasteiger partial charge on any atom is -0.378 e. The predicted molar refractivity (Wildman–Crippen MR) is 84.0 cm³/mol. The van der Waals surface area contributed by atoms with Gasteiger partial charge in [0, 0.05) is 45.8 Å². The van der Waals surface area contributed by atoms with Crippen molar-refractivity contribution in [2.24, 2.45) is 5.92 Å². The topological polar surface area (TPSA) is 62.2 Å². The van der Waals surface area contributed by atoms with Crippen molar-refractivity contribution in [1.29, 1.82) is 0 Å². The molecule has 1 aliphatic carbocycles. The Kier molecular flexibility index (Phi) is 4.77. The summed E-state index contributed by atoms with van der Waals surface area (Å²) in [5.41, 5.74) is 0.386. The largest absolute Gasteiger partial charge is 0.378 e. The lowest BCUT2D eigenvalue weighted by Gasteiger charge is -2.27. The summed E-state index contributed by atoms with van der Waals surface area (Å²) in [5.74, 6) is 0.616. The molecule has 0 unspecified atom stereocenters. The molecule has 6 nitrogen and oxygen atoms in total. The molecule has 0 radical (unpaired) electrons. The van der Waals surface area contributed by atoms with E-state index in [1.54, 1.807) is 6.20 Å². The highest BCUT2D eigenvalue weighted by atomic mass is 35.5. The molecule has 2 fully saturated rings. The van der Waals surface area contributed by atoms with E-state index >= 15 is 0 Å². The number of piperazine rings is 1. The van der Waals surface area contributed by atoms with Crippen LogP contribution < -0.4 is 16.2 Å². The standard InChI is InChI=1S/C14H22ClN5O/c15-12-9-18-20(10-11-1-2-11)14(21)13(12)17-5-8-19-6-3-16-4-7-19/h9,11,16-17H,1-8,10H2. The van der Waals surface area contributed by atoms with Gasteiger partial charge in [-0.15, -0.1) is 0 Å². The van der Waals surface area contributed by atoms with Crippen molar-refractivity contribution in [1.82, 2.24) is 20.0 Å². The zero-order valence-electron chi connectivity index (χ0n) is 12.1. The van der Waals surface area contributed by atoms with Crippen molar-refractivity contribution in [3.8, 4) is 0 Å². The quantitative estimate of drug-likeness (QED) is 0.806. The van der Waals surface area contributed by atoms with Crippen LogP contribution in [0.1, 0.15) is 12.8 Å². The molecule has 1 aromatic rings. The van der Waals surface area contributed by atoms with Crippen LogP contribution >= 0.6 is 11.6 Å².